The number of nitrogens with zero attached hydrogens (tertiary/aromatic N) is 6. The Balaban J connectivity index is 0.000000240. The van der Waals surface area contributed by atoms with Gasteiger partial charge < -0.3 is 25.3 Å². The number of amidine groups is 3. The first-order chi connectivity index (χ1) is 16.1. The van der Waals surface area contributed by atoms with Gasteiger partial charge in [0.2, 0.25) is 5.91 Å². The van der Waals surface area contributed by atoms with Gasteiger partial charge in [-0.25, -0.2) is 0 Å². The third-order valence-corrected chi connectivity index (χ3v) is 6.81. The van der Waals surface area contributed by atoms with Crippen LogP contribution in [-0.4, -0.2) is 110 Å². The molecule has 0 saturated carbocycles. The lowest BCUT2D eigenvalue weighted by Gasteiger charge is -2.35. The second kappa shape index (κ2) is 12.5. The first-order valence-corrected chi connectivity index (χ1v) is 13.0. The third-order valence-electron chi connectivity index (χ3n) is 6.81. The fourth-order valence-corrected chi connectivity index (χ4v) is 4.84. The number of amides is 1. The zero-order valence-electron chi connectivity index (χ0n) is 22.9. The molecule has 9 heteroatoms. The van der Waals surface area contributed by atoms with E-state index in [1.807, 2.05) is 20.8 Å². The van der Waals surface area contributed by atoms with Gasteiger partial charge in [-0.05, 0) is 55.0 Å². The molecular weight excluding hydrogens is 428 g/mol. The van der Waals surface area contributed by atoms with Gasteiger partial charge >= 0.3 is 0 Å². The lowest BCUT2D eigenvalue weighted by molar-refractivity contribution is -0.126. The maximum absolute atomic E-state index is 12.1. The predicted octanol–water partition coefficient (Wildman–Crippen LogP) is 1.91. The van der Waals surface area contributed by atoms with E-state index in [0.29, 0.717) is 6.67 Å². The minimum atomic E-state index is -0.554. The van der Waals surface area contributed by atoms with Crippen LogP contribution in [0.25, 0.3) is 0 Å². The number of carbonyl (C=O) groups is 1. The van der Waals surface area contributed by atoms with Crippen molar-refractivity contribution in [3.05, 3.63) is 0 Å². The molecule has 3 aliphatic rings. The van der Waals surface area contributed by atoms with E-state index in [1.54, 1.807) is 0 Å². The summed E-state index contributed by atoms with van der Waals surface area (Å²) >= 11 is 0. The molecule has 0 atom stereocenters. The summed E-state index contributed by atoms with van der Waals surface area (Å²) in [7, 11) is 0. The lowest BCUT2D eigenvalue weighted by atomic mass is 9.88. The van der Waals surface area contributed by atoms with E-state index in [2.05, 4.69) is 64.9 Å². The van der Waals surface area contributed by atoms with Gasteiger partial charge in [0.1, 0.15) is 22.9 Å². The molecule has 3 heterocycles. The first-order valence-electron chi connectivity index (χ1n) is 13.0. The van der Waals surface area contributed by atoms with Crippen molar-refractivity contribution in [1.29, 1.82) is 0 Å². The highest BCUT2D eigenvalue weighted by Gasteiger charge is 2.40. The monoisotopic (exact) mass is 476 g/mol. The number of rotatable bonds is 10. The molecule has 0 saturated heterocycles. The van der Waals surface area contributed by atoms with Crippen molar-refractivity contribution >= 4 is 23.4 Å². The van der Waals surface area contributed by atoms with Gasteiger partial charge in [0.05, 0.1) is 31.7 Å². The van der Waals surface area contributed by atoms with Gasteiger partial charge in [-0.1, -0.05) is 6.92 Å². The van der Waals surface area contributed by atoms with Gasteiger partial charge in [-0.2, -0.15) is 0 Å². The summed E-state index contributed by atoms with van der Waals surface area (Å²) in [6.45, 7) is 27.0. The molecule has 3 aliphatic heterocycles. The average molecular weight is 477 g/mol. The van der Waals surface area contributed by atoms with E-state index >= 15 is 0 Å². The fourth-order valence-electron chi connectivity index (χ4n) is 4.84. The van der Waals surface area contributed by atoms with Gasteiger partial charge in [-0.3, -0.25) is 19.8 Å². The molecule has 0 radical (unpaired) electrons. The molecule has 9 nitrogen and oxygen atoms in total. The number of hydrogen-bond acceptors (Lipinski definition) is 8. The van der Waals surface area contributed by atoms with Gasteiger partial charge in [0.15, 0.2) is 0 Å². The molecule has 1 amide bonds. The fraction of sp³-hybridized carbons (Fsp3) is 0.840. The maximum Gasteiger partial charge on any atom is 0.234 e. The number of nitrogens with one attached hydrogen (secondary N) is 2. The Morgan fingerprint density at radius 2 is 1.18 bits per heavy atom. The quantitative estimate of drug-likeness (QED) is 0.371. The van der Waals surface area contributed by atoms with Crippen molar-refractivity contribution < 1.29 is 4.79 Å². The molecule has 2 N–H and O–H groups in total. The number of likely N-dealkylation sites (N-methyl/N-ethyl adjacent to an activating group) is 3. The molecular formula is C25H48N8O. The summed E-state index contributed by atoms with van der Waals surface area (Å²) in [5.74, 6) is 3.38. The SMILES string of the molecule is CCN1CCN=C1C(C)(C)C1=NCCN1CC.CCNCNC(=O)C(C)(C)C1=NCCN1CC. The Morgan fingerprint density at radius 3 is 1.59 bits per heavy atom. The highest BCUT2D eigenvalue weighted by molar-refractivity contribution is 6.10. The van der Waals surface area contributed by atoms with Crippen molar-refractivity contribution in [1.82, 2.24) is 25.3 Å². The Bertz CT molecular complexity index is 739. The van der Waals surface area contributed by atoms with E-state index in [9.17, 15) is 4.79 Å². The van der Waals surface area contributed by atoms with Crippen molar-refractivity contribution in [2.24, 2.45) is 25.8 Å². The van der Waals surface area contributed by atoms with Gasteiger partial charge in [-0.15, -0.1) is 0 Å². The zero-order chi connectivity index (χ0) is 25.4. The minimum Gasteiger partial charge on any atom is -0.358 e. The average Bonchev–Trinajstić information content (AvgIpc) is 3.59. The van der Waals surface area contributed by atoms with Crippen LogP contribution in [0.5, 0.6) is 0 Å². The van der Waals surface area contributed by atoms with Crippen LogP contribution in [0.15, 0.2) is 15.0 Å². The second-order valence-electron chi connectivity index (χ2n) is 9.89. The maximum atomic E-state index is 12.1. The van der Waals surface area contributed by atoms with E-state index in [-0.39, 0.29) is 11.3 Å². The second-order valence-corrected chi connectivity index (χ2v) is 9.89. The number of aliphatic imine (C=N–C) groups is 3. The van der Waals surface area contributed by atoms with E-state index in [0.717, 1.165) is 71.3 Å². The van der Waals surface area contributed by atoms with Crippen LogP contribution in [0.2, 0.25) is 0 Å². The summed E-state index contributed by atoms with van der Waals surface area (Å²) in [6.07, 6.45) is 0. The molecule has 0 aromatic carbocycles. The highest BCUT2D eigenvalue weighted by atomic mass is 16.2. The molecule has 0 aromatic heterocycles. The molecule has 0 aliphatic carbocycles. The third kappa shape index (κ3) is 6.29. The Kier molecular flexibility index (Phi) is 10.3. The van der Waals surface area contributed by atoms with Crippen molar-refractivity contribution in [3.63, 3.8) is 0 Å². The lowest BCUT2D eigenvalue weighted by Crippen LogP contribution is -2.49. The van der Waals surface area contributed by atoms with Crippen LogP contribution in [0, 0.1) is 10.8 Å². The molecule has 194 valence electrons. The van der Waals surface area contributed by atoms with Gasteiger partial charge in [0.25, 0.3) is 0 Å². The molecule has 0 aromatic rings. The van der Waals surface area contributed by atoms with Crippen LogP contribution in [0.1, 0.15) is 55.4 Å². The topological polar surface area (TPSA) is 87.9 Å². The van der Waals surface area contributed by atoms with Crippen LogP contribution >= 0.6 is 0 Å². The molecule has 0 bridgehead atoms. The Labute approximate surface area is 207 Å². The normalized spacial score (nSPS) is 18.5. The standard InChI is InChI=1S/C13H24N4.C12H24N4O/c1-5-16-9-7-14-11(16)13(3,4)12-15-8-10-17(12)6-2;1-5-13-9-15-11(17)12(3,4)10-14-7-8-16(10)6-2/h5-10H2,1-4H3;13H,5-9H2,1-4H3,(H,15,17). The van der Waals surface area contributed by atoms with E-state index in [4.69, 9.17) is 9.98 Å². The Morgan fingerprint density at radius 1 is 0.765 bits per heavy atom. The van der Waals surface area contributed by atoms with Crippen molar-refractivity contribution in [3.8, 4) is 0 Å². The highest BCUT2D eigenvalue weighted by Crippen LogP contribution is 2.29. The van der Waals surface area contributed by atoms with Crippen molar-refractivity contribution in [2.45, 2.75) is 55.4 Å². The molecule has 0 fully saturated rings. The summed E-state index contributed by atoms with van der Waals surface area (Å²) in [6, 6.07) is 0. The minimum absolute atomic E-state index is 0.0255. The van der Waals surface area contributed by atoms with E-state index < -0.39 is 5.41 Å². The Hall–Kier alpha value is -2.16. The number of hydrogen-bond donors (Lipinski definition) is 2. The van der Waals surface area contributed by atoms with Crippen molar-refractivity contribution in [2.75, 3.05) is 72.1 Å². The van der Waals surface area contributed by atoms with E-state index in [1.165, 1.54) is 11.7 Å². The first kappa shape index (κ1) is 28.1. The van der Waals surface area contributed by atoms with Gasteiger partial charge in [0, 0.05) is 39.3 Å². The summed E-state index contributed by atoms with van der Waals surface area (Å²) in [5.41, 5.74) is -0.596. The zero-order valence-corrected chi connectivity index (χ0v) is 22.9. The molecule has 0 spiro atoms. The van der Waals surface area contributed by atoms with Crippen LogP contribution in [0.4, 0.5) is 0 Å². The predicted molar refractivity (Wildman–Crippen MR) is 143 cm³/mol. The molecule has 3 rings (SSSR count). The molecule has 0 unspecified atom stereocenters. The summed E-state index contributed by atoms with van der Waals surface area (Å²) < 4.78 is 0. The van der Waals surface area contributed by atoms with Crippen LogP contribution < -0.4 is 10.6 Å². The van der Waals surface area contributed by atoms with Crippen LogP contribution in [-0.2, 0) is 4.79 Å². The molecule has 34 heavy (non-hydrogen) atoms. The summed E-state index contributed by atoms with van der Waals surface area (Å²) in [5, 5.41) is 5.97. The van der Waals surface area contributed by atoms with Crippen LogP contribution in [0.3, 0.4) is 0 Å². The summed E-state index contributed by atoms with van der Waals surface area (Å²) in [4.78, 5) is 33.0. The largest absolute Gasteiger partial charge is 0.358 e. The number of carbonyl (C=O) groups excluding carboxylic acids is 1. The smallest absolute Gasteiger partial charge is 0.234 e.